The van der Waals surface area contributed by atoms with Crippen molar-refractivity contribution in [3.63, 3.8) is 0 Å². The van der Waals surface area contributed by atoms with Crippen LogP contribution in [0.15, 0.2) is 140 Å². The molecule has 0 amide bonds. The number of carbonyl (C=O) groups excluding carboxylic acids is 1. The third kappa shape index (κ3) is 11.3. The molecular weight excluding hydrogens is 728 g/mol. The summed E-state index contributed by atoms with van der Waals surface area (Å²) in [5, 5.41) is 0.539. The lowest BCUT2D eigenvalue weighted by molar-refractivity contribution is -0.273. The normalized spacial score (nSPS) is 19.2. The Hall–Kier alpha value is -4.96. The Kier molecular flexibility index (Phi) is 15.1. The summed E-state index contributed by atoms with van der Waals surface area (Å²) in [6, 6.07) is 41.6. The molecule has 1 fully saturated rings. The van der Waals surface area contributed by atoms with Crippen LogP contribution in [0.2, 0.25) is 5.02 Å². The molecule has 8 nitrogen and oxygen atoms in total. The molecule has 56 heavy (non-hydrogen) atoms. The second-order valence-corrected chi connectivity index (χ2v) is 13.9. The molecule has 1 aliphatic rings. The van der Waals surface area contributed by atoms with Crippen LogP contribution in [0.25, 0.3) is 0 Å². The van der Waals surface area contributed by atoms with Gasteiger partial charge in [0.1, 0.15) is 55.2 Å². The highest BCUT2D eigenvalue weighted by molar-refractivity contribution is 6.31. The van der Waals surface area contributed by atoms with Gasteiger partial charge in [-0.2, -0.15) is 0 Å². The first kappa shape index (κ1) is 40.7. The third-order valence-corrected chi connectivity index (χ3v) is 9.76. The van der Waals surface area contributed by atoms with Crippen molar-refractivity contribution in [2.24, 2.45) is 0 Å². The van der Waals surface area contributed by atoms with Gasteiger partial charge in [0.2, 0.25) is 0 Å². The summed E-state index contributed by atoms with van der Waals surface area (Å²) in [4.78, 5) is 12.3. The fraction of sp³-hybridized carbons (Fsp3) is 0.298. The summed E-state index contributed by atoms with van der Waals surface area (Å²) in [7, 11) is 0. The fourth-order valence-electron chi connectivity index (χ4n) is 6.71. The lowest BCUT2D eigenvalue weighted by Crippen LogP contribution is -2.58. The highest BCUT2D eigenvalue weighted by Crippen LogP contribution is 2.43. The van der Waals surface area contributed by atoms with Gasteiger partial charge < -0.3 is 33.2 Å². The lowest BCUT2D eigenvalue weighted by atomic mass is 9.88. The SMILES string of the molecule is C=CCOc1cc(Cl)c(Cc2ccc(OCC)cc2)cc1[C@@H]1O[C@H](COC(C)=O)[C@@H](OCc2ccccc2)[C@H](OCc2ccccc2)[C@H]1OCc1ccccc1. The average molecular weight is 777 g/mol. The minimum absolute atomic E-state index is 0.0721. The summed E-state index contributed by atoms with van der Waals surface area (Å²) < 4.78 is 45.2. The van der Waals surface area contributed by atoms with Crippen molar-refractivity contribution in [3.8, 4) is 11.5 Å². The largest absolute Gasteiger partial charge is 0.494 e. The first-order valence-corrected chi connectivity index (χ1v) is 19.3. The standard InChI is InChI=1S/C47H49ClO8/c1-4-25-51-42-28-41(48)38(26-34-21-23-39(24-22-34)50-5-2)27-40(42)44-46(54-30-36-17-11-7-12-18-36)47(55-31-37-19-13-8-14-20-37)45(43(56-44)32-52-33(3)49)53-29-35-15-9-6-10-16-35/h4,6-24,27-28,43-47H,1,5,25-26,29-32H2,2-3H3/t43-,44+,45-,46+,47+/m1/s1. The first-order chi connectivity index (χ1) is 27.4. The van der Waals surface area contributed by atoms with Crippen LogP contribution in [0.5, 0.6) is 11.5 Å². The predicted molar refractivity (Wildman–Crippen MR) is 217 cm³/mol. The van der Waals surface area contributed by atoms with Gasteiger partial charge in [0.25, 0.3) is 0 Å². The van der Waals surface area contributed by atoms with Gasteiger partial charge in [0.15, 0.2) is 0 Å². The van der Waals surface area contributed by atoms with E-state index in [0.29, 0.717) is 29.4 Å². The van der Waals surface area contributed by atoms with E-state index in [2.05, 4.69) is 6.58 Å². The average Bonchev–Trinajstić information content (AvgIpc) is 3.22. The third-order valence-electron chi connectivity index (χ3n) is 9.41. The van der Waals surface area contributed by atoms with E-state index in [1.54, 1.807) is 6.08 Å². The molecule has 5 aromatic carbocycles. The van der Waals surface area contributed by atoms with Crippen LogP contribution in [0.3, 0.4) is 0 Å². The molecule has 1 saturated heterocycles. The zero-order chi connectivity index (χ0) is 39.1. The minimum atomic E-state index is -0.771. The summed E-state index contributed by atoms with van der Waals surface area (Å²) in [6.45, 7) is 8.78. The Morgan fingerprint density at radius 2 is 1.27 bits per heavy atom. The molecule has 0 saturated carbocycles. The number of rotatable bonds is 19. The van der Waals surface area contributed by atoms with E-state index in [0.717, 1.165) is 33.6 Å². The second kappa shape index (κ2) is 20.8. The molecule has 0 unspecified atom stereocenters. The number of hydrogen-bond donors (Lipinski definition) is 0. The Labute approximate surface area is 334 Å². The molecule has 0 aromatic heterocycles. The summed E-state index contributed by atoms with van der Waals surface area (Å²) in [6.07, 6.45) is -1.42. The van der Waals surface area contributed by atoms with Crippen LogP contribution in [0.4, 0.5) is 0 Å². The Bertz CT molecular complexity index is 1960. The summed E-state index contributed by atoms with van der Waals surface area (Å²) in [5.41, 5.74) is 5.55. The van der Waals surface area contributed by atoms with Gasteiger partial charge in [0.05, 0.1) is 26.4 Å². The number of ether oxygens (including phenoxy) is 7. The summed E-state index contributed by atoms with van der Waals surface area (Å²) in [5.74, 6) is 0.880. The summed E-state index contributed by atoms with van der Waals surface area (Å²) >= 11 is 7.01. The van der Waals surface area contributed by atoms with Crippen LogP contribution in [-0.2, 0) is 54.7 Å². The van der Waals surface area contributed by atoms with Gasteiger partial charge in [-0.3, -0.25) is 4.79 Å². The van der Waals surface area contributed by atoms with Crippen molar-refractivity contribution in [2.45, 2.75) is 70.6 Å². The number of carbonyl (C=O) groups is 1. The smallest absolute Gasteiger partial charge is 0.302 e. The van der Waals surface area contributed by atoms with Gasteiger partial charge in [0, 0.05) is 17.5 Å². The van der Waals surface area contributed by atoms with Crippen molar-refractivity contribution >= 4 is 17.6 Å². The quantitative estimate of drug-likeness (QED) is 0.0606. The maximum absolute atomic E-state index is 12.3. The lowest BCUT2D eigenvalue weighted by Gasteiger charge is -2.46. The molecule has 0 bridgehead atoms. The van der Waals surface area contributed by atoms with Crippen molar-refractivity contribution in [3.05, 3.63) is 178 Å². The van der Waals surface area contributed by atoms with Gasteiger partial charge in [-0.05, 0) is 65.4 Å². The molecule has 0 aliphatic carbocycles. The number of benzene rings is 5. The van der Waals surface area contributed by atoms with Gasteiger partial charge in [-0.25, -0.2) is 0 Å². The molecule has 0 N–H and O–H groups in total. The molecule has 6 rings (SSSR count). The molecular formula is C47H49ClO8. The minimum Gasteiger partial charge on any atom is -0.494 e. The zero-order valence-corrected chi connectivity index (χ0v) is 32.6. The van der Waals surface area contributed by atoms with Crippen LogP contribution < -0.4 is 9.47 Å². The van der Waals surface area contributed by atoms with Crippen LogP contribution in [0.1, 0.15) is 53.3 Å². The van der Waals surface area contributed by atoms with Crippen LogP contribution in [0, 0.1) is 0 Å². The Balaban J connectivity index is 1.45. The molecule has 5 atom stereocenters. The van der Waals surface area contributed by atoms with Crippen LogP contribution in [-0.4, -0.2) is 50.2 Å². The number of halogens is 1. The van der Waals surface area contributed by atoms with Crippen molar-refractivity contribution in [2.75, 3.05) is 19.8 Å². The predicted octanol–water partition coefficient (Wildman–Crippen LogP) is 9.65. The van der Waals surface area contributed by atoms with E-state index in [1.165, 1.54) is 6.92 Å². The van der Waals surface area contributed by atoms with E-state index in [9.17, 15) is 4.79 Å². The van der Waals surface area contributed by atoms with E-state index >= 15 is 0 Å². The molecule has 0 spiro atoms. The monoisotopic (exact) mass is 776 g/mol. The van der Waals surface area contributed by atoms with Crippen molar-refractivity contribution < 1.29 is 38.0 Å². The molecule has 1 aliphatic heterocycles. The fourth-order valence-corrected chi connectivity index (χ4v) is 6.93. The van der Waals surface area contributed by atoms with Crippen LogP contribution >= 0.6 is 11.6 Å². The van der Waals surface area contributed by atoms with E-state index in [-0.39, 0.29) is 33.0 Å². The number of hydrogen-bond acceptors (Lipinski definition) is 8. The molecule has 0 radical (unpaired) electrons. The molecule has 9 heteroatoms. The maximum Gasteiger partial charge on any atom is 0.302 e. The molecule has 292 valence electrons. The number of esters is 1. The molecule has 1 heterocycles. The van der Waals surface area contributed by atoms with E-state index in [4.69, 9.17) is 44.8 Å². The topological polar surface area (TPSA) is 81.7 Å². The van der Waals surface area contributed by atoms with E-state index in [1.807, 2.05) is 134 Å². The Morgan fingerprint density at radius 3 is 1.80 bits per heavy atom. The van der Waals surface area contributed by atoms with Gasteiger partial charge >= 0.3 is 5.97 Å². The highest BCUT2D eigenvalue weighted by atomic mass is 35.5. The first-order valence-electron chi connectivity index (χ1n) is 18.9. The highest BCUT2D eigenvalue weighted by Gasteiger charge is 2.50. The van der Waals surface area contributed by atoms with Crippen molar-refractivity contribution in [1.29, 1.82) is 0 Å². The second-order valence-electron chi connectivity index (χ2n) is 13.5. The molecule has 5 aromatic rings. The maximum atomic E-state index is 12.3. The van der Waals surface area contributed by atoms with Gasteiger partial charge in [-0.1, -0.05) is 127 Å². The van der Waals surface area contributed by atoms with Crippen molar-refractivity contribution in [1.82, 2.24) is 0 Å². The Morgan fingerprint density at radius 1 is 0.714 bits per heavy atom. The zero-order valence-electron chi connectivity index (χ0n) is 31.9. The van der Waals surface area contributed by atoms with Gasteiger partial charge in [-0.15, -0.1) is 0 Å². The van der Waals surface area contributed by atoms with E-state index < -0.39 is 36.5 Å².